The molecule has 7 nitrogen and oxygen atoms in total. The molecule has 0 radical (unpaired) electrons. The minimum atomic E-state index is -3.09. The highest BCUT2D eigenvalue weighted by molar-refractivity contribution is 6.43. The highest BCUT2D eigenvalue weighted by Gasteiger charge is 2.61. The van der Waals surface area contributed by atoms with Crippen LogP contribution in [0.15, 0.2) is 18.2 Å². The van der Waals surface area contributed by atoms with Crippen LogP contribution in [0.1, 0.15) is 76.3 Å². The monoisotopic (exact) mass is 501 g/mol. The molecule has 10 heteroatoms. The van der Waals surface area contributed by atoms with Crippen LogP contribution < -0.4 is 10.6 Å². The smallest absolute Gasteiger partial charge is 0.294 e. The van der Waals surface area contributed by atoms with Gasteiger partial charge in [-0.2, -0.15) is 0 Å². The molecule has 190 valence electrons. The van der Waals surface area contributed by atoms with E-state index in [-0.39, 0.29) is 40.9 Å². The third kappa shape index (κ3) is 3.74. The van der Waals surface area contributed by atoms with Gasteiger partial charge in [0.05, 0.1) is 11.3 Å². The second-order valence-electron chi connectivity index (χ2n) is 10.2. The van der Waals surface area contributed by atoms with Crippen LogP contribution in [-0.2, 0) is 16.0 Å². The molecule has 2 aliphatic carbocycles. The summed E-state index contributed by atoms with van der Waals surface area (Å²) in [5.74, 6) is -6.52. The number of alkyl halides is 2. The molecule has 0 unspecified atom stereocenters. The molecule has 0 bridgehead atoms. The molecule has 2 fully saturated rings. The van der Waals surface area contributed by atoms with Crippen molar-refractivity contribution in [3.8, 4) is 0 Å². The quantitative estimate of drug-likeness (QED) is 0.442. The number of hydrogen-bond acceptors (Lipinski definition) is 4. The molecule has 2 amide bonds. The Morgan fingerprint density at radius 1 is 1.14 bits per heavy atom. The third-order valence-corrected chi connectivity index (χ3v) is 7.63. The number of halogens is 3. The zero-order valence-electron chi connectivity index (χ0n) is 20.1. The van der Waals surface area contributed by atoms with Gasteiger partial charge >= 0.3 is 0 Å². The molecule has 2 saturated carbocycles. The van der Waals surface area contributed by atoms with Crippen LogP contribution in [0.3, 0.4) is 0 Å². The van der Waals surface area contributed by atoms with E-state index in [0.29, 0.717) is 17.7 Å². The fourth-order valence-electron chi connectivity index (χ4n) is 5.70. The van der Waals surface area contributed by atoms with Gasteiger partial charge < -0.3 is 15.2 Å². The second kappa shape index (κ2) is 8.04. The van der Waals surface area contributed by atoms with E-state index in [4.69, 9.17) is 0 Å². The number of ketones is 2. The minimum Gasteiger partial charge on any atom is -0.337 e. The summed E-state index contributed by atoms with van der Waals surface area (Å²) >= 11 is 0. The number of amides is 2. The van der Waals surface area contributed by atoms with E-state index < -0.39 is 53.5 Å². The predicted molar refractivity (Wildman–Crippen MR) is 124 cm³/mol. The number of carbonyl (C=O) groups excluding carboxylic acids is 4. The SMILES string of the molecule is CCC(=O)C1(NC(=O)C(=O)c2c(C)c(C(=O)Nc3ccc(C)c(F)c3)c3n2[C@@H]2C[C@@H]2C3)CC(F)(F)C1. The van der Waals surface area contributed by atoms with Crippen molar-refractivity contribution in [3.63, 3.8) is 0 Å². The van der Waals surface area contributed by atoms with Crippen LogP contribution in [-0.4, -0.2) is 39.4 Å². The first kappa shape index (κ1) is 24.3. The minimum absolute atomic E-state index is 0.0249. The van der Waals surface area contributed by atoms with Crippen molar-refractivity contribution >= 4 is 29.1 Å². The maximum absolute atomic E-state index is 14.0. The van der Waals surface area contributed by atoms with E-state index in [9.17, 15) is 32.3 Å². The first-order valence-corrected chi connectivity index (χ1v) is 12.0. The number of aryl methyl sites for hydroxylation is 1. The van der Waals surface area contributed by atoms with E-state index in [2.05, 4.69) is 10.6 Å². The summed E-state index contributed by atoms with van der Waals surface area (Å²) in [6.07, 6.45) is -0.393. The molecule has 0 spiro atoms. The third-order valence-electron chi connectivity index (χ3n) is 7.63. The number of Topliss-reactive ketones (excluding diaryl/α,β-unsaturated/α-hetero) is 2. The first-order chi connectivity index (χ1) is 16.9. The molecule has 1 aromatic heterocycles. The van der Waals surface area contributed by atoms with Crippen LogP contribution in [0.2, 0.25) is 0 Å². The lowest BCUT2D eigenvalue weighted by Crippen LogP contribution is -2.67. The largest absolute Gasteiger partial charge is 0.337 e. The van der Waals surface area contributed by atoms with Gasteiger partial charge in [-0.15, -0.1) is 0 Å². The van der Waals surface area contributed by atoms with Gasteiger partial charge in [-0.05, 0) is 55.9 Å². The van der Waals surface area contributed by atoms with Gasteiger partial charge in [-0.3, -0.25) is 19.2 Å². The summed E-state index contributed by atoms with van der Waals surface area (Å²) < 4.78 is 43.0. The molecule has 2 heterocycles. The summed E-state index contributed by atoms with van der Waals surface area (Å²) in [4.78, 5) is 51.9. The van der Waals surface area contributed by atoms with Gasteiger partial charge in [0.2, 0.25) is 0 Å². The Kier molecular flexibility index (Phi) is 5.42. The molecule has 2 atom stereocenters. The number of nitrogens with zero attached hydrogens (tertiary/aromatic N) is 1. The molecule has 1 aromatic carbocycles. The zero-order chi connectivity index (χ0) is 26.2. The lowest BCUT2D eigenvalue weighted by atomic mass is 9.69. The molecule has 0 saturated heterocycles. The highest BCUT2D eigenvalue weighted by atomic mass is 19.3. The van der Waals surface area contributed by atoms with Gasteiger partial charge in [0.15, 0.2) is 5.78 Å². The zero-order valence-corrected chi connectivity index (χ0v) is 20.1. The molecular weight excluding hydrogens is 475 g/mol. The fraction of sp³-hybridized carbons (Fsp3) is 0.462. The number of hydrogen-bond donors (Lipinski definition) is 2. The number of rotatable bonds is 7. The van der Waals surface area contributed by atoms with Crippen LogP contribution >= 0.6 is 0 Å². The lowest BCUT2D eigenvalue weighted by Gasteiger charge is -2.46. The van der Waals surface area contributed by atoms with Crippen molar-refractivity contribution in [2.45, 2.75) is 70.4 Å². The average Bonchev–Trinajstić information content (AvgIpc) is 3.36. The number of nitrogens with one attached hydrogen (secondary N) is 2. The summed E-state index contributed by atoms with van der Waals surface area (Å²) in [7, 11) is 0. The molecule has 2 aromatic rings. The topological polar surface area (TPSA) is 97.3 Å². The number of carbonyl (C=O) groups is 4. The molecule has 36 heavy (non-hydrogen) atoms. The Morgan fingerprint density at radius 2 is 1.83 bits per heavy atom. The van der Waals surface area contributed by atoms with Gasteiger partial charge in [0.1, 0.15) is 11.4 Å². The lowest BCUT2D eigenvalue weighted by molar-refractivity contribution is -0.163. The van der Waals surface area contributed by atoms with Gasteiger partial charge in [0.25, 0.3) is 23.5 Å². The van der Waals surface area contributed by atoms with Crippen LogP contribution in [0, 0.1) is 25.6 Å². The second-order valence-corrected chi connectivity index (χ2v) is 10.2. The van der Waals surface area contributed by atoms with Crippen LogP contribution in [0.4, 0.5) is 18.9 Å². The van der Waals surface area contributed by atoms with Crippen molar-refractivity contribution in [3.05, 3.63) is 52.1 Å². The van der Waals surface area contributed by atoms with E-state index in [1.165, 1.54) is 19.1 Å². The Bertz CT molecular complexity index is 1340. The maximum atomic E-state index is 14.0. The average molecular weight is 502 g/mol. The molecule has 3 aliphatic rings. The van der Waals surface area contributed by atoms with E-state index in [0.717, 1.165) is 6.42 Å². The molecule has 5 rings (SSSR count). The van der Waals surface area contributed by atoms with E-state index in [1.807, 2.05) is 0 Å². The maximum Gasteiger partial charge on any atom is 0.294 e. The first-order valence-electron chi connectivity index (χ1n) is 12.0. The summed E-state index contributed by atoms with van der Waals surface area (Å²) in [5.41, 5.74) is 0.0854. The summed E-state index contributed by atoms with van der Waals surface area (Å²) in [5, 5.41) is 4.96. The summed E-state index contributed by atoms with van der Waals surface area (Å²) in [6, 6.07) is 4.28. The predicted octanol–water partition coefficient (Wildman–Crippen LogP) is 4.06. The van der Waals surface area contributed by atoms with E-state index >= 15 is 0 Å². The molecule has 1 aliphatic heterocycles. The van der Waals surface area contributed by atoms with E-state index in [1.54, 1.807) is 24.5 Å². The number of aromatic nitrogens is 1. The Labute approximate surface area is 205 Å². The Morgan fingerprint density at radius 3 is 2.44 bits per heavy atom. The van der Waals surface area contributed by atoms with Crippen molar-refractivity contribution in [1.82, 2.24) is 9.88 Å². The fourth-order valence-corrected chi connectivity index (χ4v) is 5.70. The van der Waals surface area contributed by atoms with Crippen LogP contribution in [0.5, 0.6) is 0 Å². The van der Waals surface area contributed by atoms with Gasteiger partial charge in [-0.1, -0.05) is 13.0 Å². The van der Waals surface area contributed by atoms with Gasteiger partial charge in [-0.25, -0.2) is 13.2 Å². The molecule has 2 N–H and O–H groups in total. The van der Waals surface area contributed by atoms with Crippen LogP contribution in [0.25, 0.3) is 0 Å². The highest BCUT2D eigenvalue weighted by Crippen LogP contribution is 2.54. The standard InChI is InChI=1S/C26H26F3N3O4/c1-4-19(33)25(10-26(28,29)11-25)31-24(36)22(34)21-13(3)20(18-8-14-7-17(14)32(18)21)23(35)30-15-6-5-12(2)16(27)9-15/h5-6,9,14,17H,4,7-8,10-11H2,1-3H3,(H,30,35)(H,31,36)/t14-,17-/m1/s1. The Hall–Kier alpha value is -3.43. The number of fused-ring (bicyclic) bond motifs is 3. The summed E-state index contributed by atoms with van der Waals surface area (Å²) in [6.45, 7) is 4.67. The normalized spacial score (nSPS) is 22.2. The van der Waals surface area contributed by atoms with Gasteiger partial charge in [0, 0.05) is 36.7 Å². The number of anilines is 1. The number of benzene rings is 1. The van der Waals surface area contributed by atoms with Crippen molar-refractivity contribution in [2.75, 3.05) is 5.32 Å². The van der Waals surface area contributed by atoms with Crippen molar-refractivity contribution < 1.29 is 32.3 Å². The molecular formula is C26H26F3N3O4. The van der Waals surface area contributed by atoms with Crippen molar-refractivity contribution in [1.29, 1.82) is 0 Å². The van der Waals surface area contributed by atoms with Crippen molar-refractivity contribution in [2.24, 2.45) is 5.92 Å². The Balaban J connectivity index is 1.45.